The Kier molecular flexibility index (Phi) is 5.54. The maximum absolute atomic E-state index is 11.9. The van der Waals surface area contributed by atoms with Crippen molar-refractivity contribution in [1.29, 1.82) is 0 Å². The van der Waals surface area contributed by atoms with E-state index in [0.717, 1.165) is 4.90 Å². The lowest BCUT2D eigenvalue weighted by Gasteiger charge is -2.22. The van der Waals surface area contributed by atoms with E-state index in [1.54, 1.807) is 0 Å². The second kappa shape index (κ2) is 6.75. The number of carboxylic acid groups (broad SMARTS) is 1. The number of aliphatic hydroxyl groups excluding tert-OH is 1. The first kappa shape index (κ1) is 17.2. The summed E-state index contributed by atoms with van der Waals surface area (Å²) in [6, 6.07) is -1.61. The van der Waals surface area contributed by atoms with Gasteiger partial charge in [0.25, 0.3) is 0 Å². The summed E-state index contributed by atoms with van der Waals surface area (Å²) in [5.41, 5.74) is -0.339. The van der Waals surface area contributed by atoms with Crippen LogP contribution in [0.3, 0.4) is 0 Å². The number of likely N-dealkylation sites (tertiary alicyclic amines) is 1. The molecule has 0 aliphatic carbocycles. The summed E-state index contributed by atoms with van der Waals surface area (Å²) >= 11 is 0. The molecule has 120 valence electrons. The van der Waals surface area contributed by atoms with Gasteiger partial charge in [0.05, 0.1) is 6.10 Å². The second-order valence-electron chi connectivity index (χ2n) is 6.18. The molecular weight excluding hydrogens is 278 g/mol. The number of aliphatic carboxylic acids is 1. The maximum Gasteiger partial charge on any atom is 0.326 e. The summed E-state index contributed by atoms with van der Waals surface area (Å²) in [5.74, 6) is -1.34. The molecule has 0 spiro atoms. The highest BCUT2D eigenvalue weighted by molar-refractivity contribution is 5.84. The number of carbonyl (C=O) groups is 3. The molecule has 8 heteroatoms. The Labute approximate surface area is 123 Å². The molecule has 2 atom stereocenters. The van der Waals surface area contributed by atoms with Crippen LogP contribution in [0.2, 0.25) is 0 Å². The van der Waals surface area contributed by atoms with E-state index in [1.807, 2.05) is 20.8 Å². The van der Waals surface area contributed by atoms with Crippen LogP contribution in [0, 0.1) is 0 Å². The molecule has 1 heterocycles. The Morgan fingerprint density at radius 3 is 2.43 bits per heavy atom. The Morgan fingerprint density at radius 2 is 1.90 bits per heavy atom. The molecular formula is C13H23N3O5. The minimum Gasteiger partial charge on any atom is -0.480 e. The van der Waals surface area contributed by atoms with Crippen molar-refractivity contribution in [3.8, 4) is 0 Å². The number of carboxylic acids is 1. The first-order chi connectivity index (χ1) is 9.60. The largest absolute Gasteiger partial charge is 0.480 e. The highest BCUT2D eigenvalue weighted by Gasteiger charge is 2.38. The molecule has 1 rings (SSSR count). The number of nitrogens with one attached hydrogen (secondary N) is 2. The molecule has 1 fully saturated rings. The highest BCUT2D eigenvalue weighted by atomic mass is 16.4. The van der Waals surface area contributed by atoms with Gasteiger partial charge < -0.3 is 25.7 Å². The molecule has 1 aliphatic heterocycles. The molecule has 4 N–H and O–H groups in total. The standard InChI is InChI=1S/C13H23N3O5/c1-13(2,3)15-10(18)4-5-14-12(21)16-7-8(17)6-9(16)11(19)20/h8-9,17H,4-7H2,1-3H3,(H,14,21)(H,15,18)(H,19,20)/t8?,9-/m0/s1. The zero-order chi connectivity index (χ0) is 16.2. The summed E-state index contributed by atoms with van der Waals surface area (Å²) in [6.07, 6.45) is -0.703. The van der Waals surface area contributed by atoms with Gasteiger partial charge in [0.15, 0.2) is 0 Å². The Bertz CT molecular complexity index is 419. The van der Waals surface area contributed by atoms with Crippen LogP contribution in [0.5, 0.6) is 0 Å². The lowest BCUT2D eigenvalue weighted by molar-refractivity contribution is -0.141. The van der Waals surface area contributed by atoms with Gasteiger partial charge in [0.2, 0.25) is 5.91 Å². The van der Waals surface area contributed by atoms with E-state index < -0.39 is 24.1 Å². The fourth-order valence-corrected chi connectivity index (χ4v) is 2.14. The van der Waals surface area contributed by atoms with Crippen molar-refractivity contribution in [2.45, 2.75) is 51.3 Å². The predicted octanol–water partition coefficient (Wildman–Crippen LogP) is -0.479. The number of hydrogen-bond donors (Lipinski definition) is 4. The zero-order valence-corrected chi connectivity index (χ0v) is 12.5. The van der Waals surface area contributed by atoms with Gasteiger partial charge >= 0.3 is 12.0 Å². The minimum atomic E-state index is -1.15. The number of carbonyl (C=O) groups excluding carboxylic acids is 2. The Balaban J connectivity index is 2.40. The van der Waals surface area contributed by atoms with Crippen molar-refractivity contribution in [2.75, 3.05) is 13.1 Å². The fourth-order valence-electron chi connectivity index (χ4n) is 2.14. The molecule has 3 amide bonds. The molecule has 1 saturated heterocycles. The van der Waals surface area contributed by atoms with Crippen molar-refractivity contribution in [3.63, 3.8) is 0 Å². The van der Waals surface area contributed by atoms with E-state index in [9.17, 15) is 19.5 Å². The molecule has 1 aliphatic rings. The van der Waals surface area contributed by atoms with Crippen molar-refractivity contribution < 1.29 is 24.6 Å². The summed E-state index contributed by atoms with van der Waals surface area (Å²) in [6.45, 7) is 5.66. The molecule has 1 unspecified atom stereocenters. The molecule has 0 aromatic heterocycles. The van der Waals surface area contributed by atoms with Crippen LogP contribution < -0.4 is 10.6 Å². The lowest BCUT2D eigenvalue weighted by Crippen LogP contribution is -2.47. The number of urea groups is 1. The third-order valence-corrected chi connectivity index (χ3v) is 2.97. The quantitative estimate of drug-likeness (QED) is 0.559. The second-order valence-corrected chi connectivity index (χ2v) is 6.18. The molecule has 0 bridgehead atoms. The third-order valence-electron chi connectivity index (χ3n) is 2.97. The van der Waals surface area contributed by atoms with Gasteiger partial charge in [-0.3, -0.25) is 4.79 Å². The molecule has 0 radical (unpaired) electrons. The van der Waals surface area contributed by atoms with E-state index in [-0.39, 0.29) is 37.4 Å². The number of aliphatic hydroxyl groups is 1. The van der Waals surface area contributed by atoms with Gasteiger partial charge in [-0.25, -0.2) is 9.59 Å². The first-order valence-corrected chi connectivity index (χ1v) is 6.86. The van der Waals surface area contributed by atoms with E-state index in [4.69, 9.17) is 5.11 Å². The SMILES string of the molecule is CC(C)(C)NC(=O)CCNC(=O)N1CC(O)C[C@H]1C(=O)O. The summed E-state index contributed by atoms with van der Waals surface area (Å²) in [4.78, 5) is 35.5. The van der Waals surface area contributed by atoms with Crippen LogP contribution in [0.4, 0.5) is 4.79 Å². The lowest BCUT2D eigenvalue weighted by atomic mass is 10.1. The molecule has 0 aromatic carbocycles. The summed E-state index contributed by atoms with van der Waals surface area (Å²) in [5, 5.41) is 23.7. The van der Waals surface area contributed by atoms with Gasteiger partial charge in [0, 0.05) is 31.5 Å². The monoisotopic (exact) mass is 301 g/mol. The zero-order valence-electron chi connectivity index (χ0n) is 12.5. The van der Waals surface area contributed by atoms with Crippen LogP contribution in [0.15, 0.2) is 0 Å². The molecule has 21 heavy (non-hydrogen) atoms. The molecule has 0 saturated carbocycles. The topological polar surface area (TPSA) is 119 Å². The average Bonchev–Trinajstić information content (AvgIpc) is 2.69. The number of nitrogens with zero attached hydrogens (tertiary/aromatic N) is 1. The average molecular weight is 301 g/mol. The van der Waals surface area contributed by atoms with Crippen LogP contribution in [-0.4, -0.2) is 63.8 Å². The third kappa shape index (κ3) is 5.58. The summed E-state index contributed by atoms with van der Waals surface area (Å²) in [7, 11) is 0. The van der Waals surface area contributed by atoms with Gasteiger partial charge in [-0.15, -0.1) is 0 Å². The van der Waals surface area contributed by atoms with Crippen molar-refractivity contribution in [3.05, 3.63) is 0 Å². The smallest absolute Gasteiger partial charge is 0.326 e. The number of rotatable bonds is 4. The minimum absolute atomic E-state index is 0.0169. The van der Waals surface area contributed by atoms with E-state index in [2.05, 4.69) is 10.6 Å². The van der Waals surface area contributed by atoms with Crippen LogP contribution >= 0.6 is 0 Å². The van der Waals surface area contributed by atoms with E-state index in [1.165, 1.54) is 0 Å². The predicted molar refractivity (Wildman–Crippen MR) is 74.7 cm³/mol. The number of hydrogen-bond acceptors (Lipinski definition) is 4. The molecule has 8 nitrogen and oxygen atoms in total. The Hall–Kier alpha value is -1.83. The van der Waals surface area contributed by atoms with Gasteiger partial charge in [-0.2, -0.15) is 0 Å². The van der Waals surface area contributed by atoms with Gasteiger partial charge in [-0.05, 0) is 20.8 Å². The molecule has 0 aromatic rings. The highest BCUT2D eigenvalue weighted by Crippen LogP contribution is 2.17. The van der Waals surface area contributed by atoms with Crippen LogP contribution in [0.1, 0.15) is 33.6 Å². The van der Waals surface area contributed by atoms with Crippen LogP contribution in [0.25, 0.3) is 0 Å². The summed E-state index contributed by atoms with van der Waals surface area (Å²) < 4.78 is 0. The van der Waals surface area contributed by atoms with Gasteiger partial charge in [-0.1, -0.05) is 0 Å². The van der Waals surface area contributed by atoms with Crippen molar-refractivity contribution in [1.82, 2.24) is 15.5 Å². The van der Waals surface area contributed by atoms with Crippen molar-refractivity contribution in [2.24, 2.45) is 0 Å². The van der Waals surface area contributed by atoms with Gasteiger partial charge in [0.1, 0.15) is 6.04 Å². The maximum atomic E-state index is 11.9. The number of amides is 3. The van der Waals surface area contributed by atoms with E-state index >= 15 is 0 Å². The fraction of sp³-hybridized carbons (Fsp3) is 0.769. The Morgan fingerprint density at radius 1 is 1.29 bits per heavy atom. The first-order valence-electron chi connectivity index (χ1n) is 6.86. The normalized spacial score (nSPS) is 22.0. The van der Waals surface area contributed by atoms with Crippen molar-refractivity contribution >= 4 is 17.9 Å². The van der Waals surface area contributed by atoms with E-state index in [0.29, 0.717) is 0 Å². The van der Waals surface area contributed by atoms with Crippen LogP contribution in [-0.2, 0) is 9.59 Å². The number of β-amino-alcohol motifs (C(OH)–C–C–N with tert-alkyl or cyclic N) is 1.